The molecule has 10 nitrogen and oxygen atoms in total. The van der Waals surface area contributed by atoms with E-state index in [1.54, 1.807) is 65.3 Å². The Hall–Kier alpha value is -3.74. The van der Waals surface area contributed by atoms with Gasteiger partial charge in [-0.25, -0.2) is 23.1 Å². The van der Waals surface area contributed by atoms with Crippen LogP contribution in [0.3, 0.4) is 0 Å². The van der Waals surface area contributed by atoms with Crippen LogP contribution in [0.2, 0.25) is 0 Å². The van der Waals surface area contributed by atoms with Crippen LogP contribution in [0.5, 0.6) is 5.75 Å². The fourth-order valence-corrected chi connectivity index (χ4v) is 4.99. The third-order valence-electron chi connectivity index (χ3n) is 5.33. The van der Waals surface area contributed by atoms with Crippen LogP contribution in [-0.2, 0) is 10.0 Å². The van der Waals surface area contributed by atoms with E-state index in [4.69, 9.17) is 4.42 Å². The lowest BCUT2D eigenvalue weighted by atomic mass is 10.1. The summed E-state index contributed by atoms with van der Waals surface area (Å²) in [6.45, 7) is 0.713. The largest absolute Gasteiger partial charge is 0.508 e. The zero-order valence-corrected chi connectivity index (χ0v) is 21.2. The number of aromatic hydroxyl groups is 1. The molecule has 5 aromatic rings. The van der Waals surface area contributed by atoms with Crippen LogP contribution in [0.15, 0.2) is 87.0 Å². The second-order valence-electron chi connectivity index (χ2n) is 7.81. The fraction of sp³-hybridized carbons (Fsp3) is 0.125. The predicted molar refractivity (Wildman–Crippen MR) is 138 cm³/mol. The molecule has 0 atom stereocenters. The maximum absolute atomic E-state index is 12.4. The van der Waals surface area contributed by atoms with E-state index in [1.807, 2.05) is 6.07 Å². The third-order valence-corrected chi connectivity index (χ3v) is 7.34. The van der Waals surface area contributed by atoms with Gasteiger partial charge in [0.05, 0.1) is 10.6 Å². The Morgan fingerprint density at radius 2 is 1.89 bits per heavy atom. The Labute approximate surface area is 215 Å². The number of rotatable bonds is 9. The highest BCUT2D eigenvalue weighted by atomic mass is 79.9. The number of nitrogens with zero attached hydrogens (tertiary/aromatic N) is 4. The highest BCUT2D eigenvalue weighted by Crippen LogP contribution is 2.33. The minimum atomic E-state index is -3.57. The second-order valence-corrected chi connectivity index (χ2v) is 10.5. The summed E-state index contributed by atoms with van der Waals surface area (Å²) >= 11 is 3.30. The topological polar surface area (TPSA) is 135 Å². The average molecular weight is 569 g/mol. The number of imidazole rings is 1. The SMILES string of the molecule is O=S(=O)(NCCCNc1nccc(-c2c(-c3cccc(O)c3)nc3occn23)n1)c1ccc(Br)cc1. The average Bonchev–Trinajstić information content (AvgIpc) is 3.46. The van der Waals surface area contributed by atoms with Crippen molar-refractivity contribution in [1.29, 1.82) is 0 Å². The van der Waals surface area contributed by atoms with E-state index in [0.717, 1.165) is 10.0 Å². The molecular weight excluding hydrogens is 548 g/mol. The van der Waals surface area contributed by atoms with Crippen LogP contribution in [0.1, 0.15) is 6.42 Å². The Morgan fingerprint density at radius 1 is 1.06 bits per heavy atom. The molecule has 5 rings (SSSR count). The lowest BCUT2D eigenvalue weighted by molar-refractivity contribution is 0.475. The molecule has 0 saturated carbocycles. The van der Waals surface area contributed by atoms with Gasteiger partial charge in [0.15, 0.2) is 0 Å². The standard InChI is InChI=1S/C24H21BrN6O4S/c25-17-5-7-19(8-6-17)36(33,34)28-11-2-10-26-23-27-12-9-20(29-23)22-21(16-3-1-4-18(32)15-16)30-24-31(22)13-14-35-24/h1,3-9,12-15,28,32H,2,10-11H2,(H,26,27,29). The number of aromatic nitrogens is 4. The van der Waals surface area contributed by atoms with Crippen LogP contribution in [0, 0.1) is 0 Å². The summed E-state index contributed by atoms with van der Waals surface area (Å²) in [6.07, 6.45) is 5.44. The van der Waals surface area contributed by atoms with Gasteiger partial charge in [-0.15, -0.1) is 0 Å². The summed E-state index contributed by atoms with van der Waals surface area (Å²) in [7, 11) is -3.57. The van der Waals surface area contributed by atoms with E-state index >= 15 is 0 Å². The number of anilines is 1. The number of fused-ring (bicyclic) bond motifs is 1. The number of phenolic OH excluding ortho intramolecular Hbond substituents is 1. The molecule has 0 spiro atoms. The number of phenols is 1. The quantitative estimate of drug-likeness (QED) is 0.224. The van der Waals surface area contributed by atoms with Crippen molar-refractivity contribution in [3.63, 3.8) is 0 Å². The van der Waals surface area contributed by atoms with Crippen LogP contribution < -0.4 is 10.0 Å². The number of hydrogen-bond acceptors (Lipinski definition) is 8. The van der Waals surface area contributed by atoms with Crippen LogP contribution in [0.4, 0.5) is 5.95 Å². The Balaban J connectivity index is 1.28. The van der Waals surface area contributed by atoms with Crippen molar-refractivity contribution in [2.75, 3.05) is 18.4 Å². The van der Waals surface area contributed by atoms with Gasteiger partial charge in [0, 0.05) is 35.5 Å². The van der Waals surface area contributed by atoms with Gasteiger partial charge in [0.25, 0.3) is 0 Å². The summed E-state index contributed by atoms with van der Waals surface area (Å²) in [5, 5.41) is 13.1. The van der Waals surface area contributed by atoms with Crippen molar-refractivity contribution in [2.24, 2.45) is 0 Å². The molecule has 0 aliphatic rings. The first-order chi connectivity index (χ1) is 17.4. The van der Waals surface area contributed by atoms with Gasteiger partial charge < -0.3 is 14.8 Å². The molecular formula is C24H21BrN6O4S. The van der Waals surface area contributed by atoms with Crippen molar-refractivity contribution < 1.29 is 17.9 Å². The monoisotopic (exact) mass is 568 g/mol. The van der Waals surface area contributed by atoms with E-state index in [0.29, 0.717) is 41.8 Å². The normalized spacial score (nSPS) is 11.7. The molecule has 0 amide bonds. The molecule has 3 heterocycles. The van der Waals surface area contributed by atoms with E-state index in [-0.39, 0.29) is 17.2 Å². The third kappa shape index (κ3) is 5.10. The Kier molecular flexibility index (Phi) is 6.72. The van der Waals surface area contributed by atoms with Crippen molar-refractivity contribution >= 4 is 37.7 Å². The smallest absolute Gasteiger partial charge is 0.306 e. The van der Waals surface area contributed by atoms with Gasteiger partial charge in [0.2, 0.25) is 16.0 Å². The van der Waals surface area contributed by atoms with Crippen molar-refractivity contribution in [3.8, 4) is 28.4 Å². The lowest BCUT2D eigenvalue weighted by Gasteiger charge is -2.09. The summed E-state index contributed by atoms with van der Waals surface area (Å²) < 4.78 is 35.5. The molecule has 36 heavy (non-hydrogen) atoms. The molecule has 0 fully saturated rings. The van der Waals surface area contributed by atoms with E-state index in [2.05, 4.69) is 40.9 Å². The molecule has 0 radical (unpaired) electrons. The van der Waals surface area contributed by atoms with E-state index in [1.165, 1.54) is 6.26 Å². The van der Waals surface area contributed by atoms with Crippen molar-refractivity contribution in [1.82, 2.24) is 24.1 Å². The number of benzene rings is 2. The first kappa shape index (κ1) is 24.0. The van der Waals surface area contributed by atoms with Gasteiger partial charge in [-0.2, -0.15) is 4.98 Å². The van der Waals surface area contributed by atoms with Gasteiger partial charge >= 0.3 is 5.84 Å². The Bertz CT molecular complexity index is 1620. The molecule has 0 bridgehead atoms. The molecule has 3 N–H and O–H groups in total. The number of sulfonamides is 1. The van der Waals surface area contributed by atoms with Gasteiger partial charge in [0.1, 0.15) is 23.4 Å². The highest BCUT2D eigenvalue weighted by molar-refractivity contribution is 9.10. The van der Waals surface area contributed by atoms with Crippen LogP contribution in [-0.4, -0.2) is 46.0 Å². The second kappa shape index (κ2) is 10.1. The molecule has 12 heteroatoms. The molecule has 2 aromatic carbocycles. The number of oxazole rings is 1. The number of nitrogens with one attached hydrogen (secondary N) is 2. The maximum Gasteiger partial charge on any atom is 0.306 e. The summed E-state index contributed by atoms with van der Waals surface area (Å²) in [5.41, 5.74) is 2.63. The first-order valence-electron chi connectivity index (χ1n) is 11.0. The lowest BCUT2D eigenvalue weighted by Crippen LogP contribution is -2.26. The van der Waals surface area contributed by atoms with Crippen LogP contribution >= 0.6 is 15.9 Å². The maximum atomic E-state index is 12.4. The van der Waals surface area contributed by atoms with Gasteiger partial charge in [-0.3, -0.25) is 4.40 Å². The molecule has 0 aliphatic carbocycles. The minimum absolute atomic E-state index is 0.129. The predicted octanol–water partition coefficient (Wildman–Crippen LogP) is 4.30. The zero-order valence-electron chi connectivity index (χ0n) is 18.8. The summed E-state index contributed by atoms with van der Waals surface area (Å²) in [6, 6.07) is 15.0. The van der Waals surface area contributed by atoms with Crippen molar-refractivity contribution in [2.45, 2.75) is 11.3 Å². The molecule has 0 aliphatic heterocycles. The molecule has 0 unspecified atom stereocenters. The minimum Gasteiger partial charge on any atom is -0.508 e. The van der Waals surface area contributed by atoms with Gasteiger partial charge in [-0.05, 0) is 48.9 Å². The highest BCUT2D eigenvalue weighted by Gasteiger charge is 2.20. The number of halogens is 1. The summed E-state index contributed by atoms with van der Waals surface area (Å²) in [5.74, 6) is 0.918. The van der Waals surface area contributed by atoms with Crippen molar-refractivity contribution in [3.05, 3.63) is 77.7 Å². The van der Waals surface area contributed by atoms with E-state index < -0.39 is 10.0 Å². The zero-order chi connectivity index (χ0) is 25.1. The van der Waals surface area contributed by atoms with E-state index in [9.17, 15) is 13.5 Å². The number of hydrogen-bond donors (Lipinski definition) is 3. The Morgan fingerprint density at radius 3 is 2.69 bits per heavy atom. The first-order valence-corrected chi connectivity index (χ1v) is 13.3. The molecule has 3 aromatic heterocycles. The van der Waals surface area contributed by atoms with Crippen LogP contribution in [0.25, 0.3) is 28.5 Å². The summed E-state index contributed by atoms with van der Waals surface area (Å²) in [4.78, 5) is 13.7. The molecule has 184 valence electrons. The molecule has 0 saturated heterocycles. The van der Waals surface area contributed by atoms with Gasteiger partial charge in [-0.1, -0.05) is 28.1 Å². The fourth-order valence-electron chi connectivity index (χ4n) is 3.65.